The smallest absolute Gasteiger partial charge is 0.323 e. The molecule has 0 bridgehead atoms. The first-order valence-electron chi connectivity index (χ1n) is 5.95. The van der Waals surface area contributed by atoms with Crippen molar-refractivity contribution in [3.8, 4) is 6.01 Å². The van der Waals surface area contributed by atoms with Crippen molar-refractivity contribution >= 4 is 23.2 Å². The van der Waals surface area contributed by atoms with E-state index in [1.807, 2.05) is 31.2 Å². The molecule has 0 unspecified atom stereocenters. The van der Waals surface area contributed by atoms with Crippen molar-refractivity contribution in [3.05, 3.63) is 22.4 Å². The molecular weight excluding hydrogens is 262 g/mol. The summed E-state index contributed by atoms with van der Waals surface area (Å²) in [6.45, 7) is 4.54. The van der Waals surface area contributed by atoms with Gasteiger partial charge in [-0.2, -0.15) is 26.3 Å². The zero-order valence-corrected chi connectivity index (χ0v) is 12.0. The molecule has 0 saturated heterocycles. The fourth-order valence-corrected chi connectivity index (χ4v) is 2.18. The lowest BCUT2D eigenvalue weighted by Gasteiger charge is -2.17. The molecule has 0 aliphatic carbocycles. The van der Waals surface area contributed by atoms with Gasteiger partial charge in [-0.3, -0.25) is 0 Å². The topological polar surface area (TPSA) is 77.2 Å². The second-order valence-electron chi connectivity index (χ2n) is 4.43. The molecule has 7 heteroatoms. The van der Waals surface area contributed by atoms with Gasteiger partial charge in [0.05, 0.1) is 6.10 Å². The van der Waals surface area contributed by atoms with E-state index in [4.69, 9.17) is 10.5 Å². The van der Waals surface area contributed by atoms with E-state index < -0.39 is 0 Å². The predicted octanol–water partition coefficient (Wildman–Crippen LogP) is 1.94. The van der Waals surface area contributed by atoms with E-state index >= 15 is 0 Å². The molecule has 0 aliphatic heterocycles. The third kappa shape index (κ3) is 3.78. The molecule has 2 heterocycles. The second kappa shape index (κ2) is 5.83. The maximum atomic E-state index is 5.68. The standard InChI is InChI=1S/C12H17N5OS/c1-8(2)18-12-15-10(13)14-11(16-12)17(3)6-9-4-5-19-7-9/h4-5,7-8H,6H2,1-3H3,(H2,13,14,15,16). The van der Waals surface area contributed by atoms with Crippen LogP contribution in [0.15, 0.2) is 16.8 Å². The van der Waals surface area contributed by atoms with Crippen molar-refractivity contribution in [1.82, 2.24) is 15.0 Å². The van der Waals surface area contributed by atoms with Crippen molar-refractivity contribution in [2.75, 3.05) is 17.7 Å². The summed E-state index contributed by atoms with van der Waals surface area (Å²) < 4.78 is 5.45. The Labute approximate surface area is 116 Å². The lowest BCUT2D eigenvalue weighted by Crippen LogP contribution is -2.21. The monoisotopic (exact) mass is 279 g/mol. The van der Waals surface area contributed by atoms with E-state index in [1.165, 1.54) is 5.56 Å². The van der Waals surface area contributed by atoms with Gasteiger partial charge in [-0.25, -0.2) is 0 Å². The van der Waals surface area contributed by atoms with E-state index in [-0.39, 0.29) is 18.1 Å². The van der Waals surface area contributed by atoms with Crippen LogP contribution in [0.1, 0.15) is 19.4 Å². The minimum Gasteiger partial charge on any atom is -0.461 e. The van der Waals surface area contributed by atoms with Gasteiger partial charge in [-0.05, 0) is 36.2 Å². The summed E-state index contributed by atoms with van der Waals surface area (Å²) in [5.74, 6) is 0.673. The van der Waals surface area contributed by atoms with E-state index in [0.29, 0.717) is 12.5 Å². The quantitative estimate of drug-likeness (QED) is 0.901. The van der Waals surface area contributed by atoms with Crippen LogP contribution in [0, 0.1) is 0 Å². The molecule has 6 nitrogen and oxygen atoms in total. The molecule has 2 aromatic heterocycles. The molecule has 102 valence electrons. The van der Waals surface area contributed by atoms with Gasteiger partial charge in [0, 0.05) is 13.6 Å². The first kappa shape index (κ1) is 13.5. The normalized spacial score (nSPS) is 10.7. The summed E-state index contributed by atoms with van der Waals surface area (Å²) in [6.07, 6.45) is -0.00294. The molecule has 2 N–H and O–H groups in total. The first-order valence-corrected chi connectivity index (χ1v) is 6.89. The van der Waals surface area contributed by atoms with E-state index in [9.17, 15) is 0 Å². The Morgan fingerprint density at radius 3 is 2.79 bits per heavy atom. The molecule has 0 spiro atoms. The highest BCUT2D eigenvalue weighted by atomic mass is 32.1. The Hall–Kier alpha value is -1.89. The number of nitrogens with zero attached hydrogens (tertiary/aromatic N) is 4. The number of thiophene rings is 1. The number of rotatable bonds is 5. The molecule has 0 atom stereocenters. The molecule has 19 heavy (non-hydrogen) atoms. The van der Waals surface area contributed by atoms with Gasteiger partial charge >= 0.3 is 6.01 Å². The van der Waals surface area contributed by atoms with Crippen molar-refractivity contribution in [2.24, 2.45) is 0 Å². The average molecular weight is 279 g/mol. The number of nitrogen functional groups attached to an aromatic ring is 1. The largest absolute Gasteiger partial charge is 0.461 e. The van der Waals surface area contributed by atoms with Gasteiger partial charge in [0.1, 0.15) is 0 Å². The summed E-state index contributed by atoms with van der Waals surface area (Å²) >= 11 is 1.66. The molecule has 0 saturated carbocycles. The maximum Gasteiger partial charge on any atom is 0.323 e. The van der Waals surface area contributed by atoms with E-state index in [2.05, 4.69) is 26.4 Å². The average Bonchev–Trinajstić information content (AvgIpc) is 2.80. The van der Waals surface area contributed by atoms with E-state index in [0.717, 1.165) is 0 Å². The Kier molecular flexibility index (Phi) is 4.16. The molecule has 0 radical (unpaired) electrons. The molecule has 0 fully saturated rings. The highest BCUT2D eigenvalue weighted by Crippen LogP contribution is 2.16. The lowest BCUT2D eigenvalue weighted by molar-refractivity contribution is 0.222. The van der Waals surface area contributed by atoms with Crippen molar-refractivity contribution in [1.29, 1.82) is 0 Å². The Balaban J connectivity index is 2.16. The summed E-state index contributed by atoms with van der Waals surface area (Å²) in [6, 6.07) is 2.33. The molecule has 2 rings (SSSR count). The van der Waals surface area contributed by atoms with Crippen LogP contribution < -0.4 is 15.4 Å². The molecule has 0 amide bonds. The Morgan fingerprint density at radius 2 is 2.16 bits per heavy atom. The SMILES string of the molecule is CC(C)Oc1nc(N)nc(N(C)Cc2ccsc2)n1. The van der Waals surface area contributed by atoms with Gasteiger partial charge in [0.25, 0.3) is 0 Å². The summed E-state index contributed by atoms with van der Waals surface area (Å²) in [5, 5.41) is 4.13. The molecule has 0 aliphatic rings. The minimum atomic E-state index is -0.00294. The molecule has 2 aromatic rings. The van der Waals surface area contributed by atoms with Gasteiger partial charge in [0.2, 0.25) is 11.9 Å². The Bertz CT molecular complexity index is 529. The minimum absolute atomic E-state index is 0.00294. The summed E-state index contributed by atoms with van der Waals surface area (Å²) in [4.78, 5) is 14.3. The third-order valence-electron chi connectivity index (χ3n) is 2.30. The van der Waals surface area contributed by atoms with Crippen LogP contribution >= 0.6 is 11.3 Å². The van der Waals surface area contributed by atoms with Crippen LogP contribution in [0.3, 0.4) is 0 Å². The van der Waals surface area contributed by atoms with Crippen molar-refractivity contribution in [3.63, 3.8) is 0 Å². The van der Waals surface area contributed by atoms with Crippen LogP contribution in [-0.2, 0) is 6.54 Å². The third-order valence-corrected chi connectivity index (χ3v) is 3.03. The number of hydrogen-bond donors (Lipinski definition) is 1. The van der Waals surface area contributed by atoms with Crippen LogP contribution in [-0.4, -0.2) is 28.1 Å². The second-order valence-corrected chi connectivity index (χ2v) is 5.21. The van der Waals surface area contributed by atoms with Crippen LogP contribution in [0.5, 0.6) is 6.01 Å². The summed E-state index contributed by atoms with van der Waals surface area (Å²) in [7, 11) is 1.91. The van der Waals surface area contributed by atoms with Crippen LogP contribution in [0.25, 0.3) is 0 Å². The number of hydrogen-bond acceptors (Lipinski definition) is 7. The van der Waals surface area contributed by atoms with Crippen molar-refractivity contribution < 1.29 is 4.74 Å². The highest BCUT2D eigenvalue weighted by Gasteiger charge is 2.11. The van der Waals surface area contributed by atoms with Gasteiger partial charge < -0.3 is 15.4 Å². The van der Waals surface area contributed by atoms with Gasteiger partial charge in [0.15, 0.2) is 0 Å². The van der Waals surface area contributed by atoms with E-state index in [1.54, 1.807) is 11.3 Å². The number of anilines is 2. The number of aromatic nitrogens is 3. The maximum absolute atomic E-state index is 5.68. The van der Waals surface area contributed by atoms with Crippen LogP contribution in [0.2, 0.25) is 0 Å². The van der Waals surface area contributed by atoms with Gasteiger partial charge in [-0.15, -0.1) is 0 Å². The Morgan fingerprint density at radius 1 is 1.37 bits per heavy atom. The fraction of sp³-hybridized carbons (Fsp3) is 0.417. The zero-order valence-electron chi connectivity index (χ0n) is 11.2. The van der Waals surface area contributed by atoms with Gasteiger partial charge in [-0.1, -0.05) is 0 Å². The van der Waals surface area contributed by atoms with Crippen LogP contribution in [0.4, 0.5) is 11.9 Å². The highest BCUT2D eigenvalue weighted by molar-refractivity contribution is 7.07. The summed E-state index contributed by atoms with van der Waals surface area (Å²) in [5.41, 5.74) is 6.89. The zero-order chi connectivity index (χ0) is 13.8. The first-order chi connectivity index (χ1) is 9.04. The molecule has 0 aromatic carbocycles. The number of ether oxygens (including phenoxy) is 1. The lowest BCUT2D eigenvalue weighted by atomic mass is 10.3. The number of nitrogens with two attached hydrogens (primary N) is 1. The predicted molar refractivity (Wildman–Crippen MR) is 76.4 cm³/mol. The van der Waals surface area contributed by atoms with Crippen molar-refractivity contribution in [2.45, 2.75) is 26.5 Å². The molecular formula is C12H17N5OS. The fourth-order valence-electron chi connectivity index (χ4n) is 1.52.